The van der Waals surface area contributed by atoms with Crippen LogP contribution >= 0.6 is 0 Å². The predicted molar refractivity (Wildman–Crippen MR) is 69.8 cm³/mol. The molecule has 1 saturated carbocycles. The molecule has 1 aliphatic carbocycles. The molecule has 0 aromatic rings. The molecule has 0 atom stereocenters. The fraction of sp³-hybridized carbons (Fsp3) is 0.857. The Kier molecular flexibility index (Phi) is 5.00. The van der Waals surface area contributed by atoms with E-state index in [0.29, 0.717) is 12.5 Å². The van der Waals surface area contributed by atoms with Crippen molar-refractivity contribution in [3.05, 3.63) is 0 Å². The number of amides is 1. The van der Waals surface area contributed by atoms with Crippen LogP contribution in [0.4, 0.5) is 0 Å². The summed E-state index contributed by atoms with van der Waals surface area (Å²) in [6.07, 6.45) is 7.34. The molecular weight excluding hydrogens is 226 g/mol. The van der Waals surface area contributed by atoms with Crippen molar-refractivity contribution < 1.29 is 4.79 Å². The molecule has 1 amide bonds. The summed E-state index contributed by atoms with van der Waals surface area (Å²) in [6.45, 7) is 2.78. The molecule has 2 aliphatic rings. The van der Waals surface area contributed by atoms with Crippen LogP contribution in [0.5, 0.6) is 0 Å². The number of hydrogen-bond donors (Lipinski definition) is 1. The van der Waals surface area contributed by atoms with Gasteiger partial charge in [0.25, 0.3) is 0 Å². The maximum atomic E-state index is 11.8. The molecule has 2 fully saturated rings. The molecule has 18 heavy (non-hydrogen) atoms. The van der Waals surface area contributed by atoms with Crippen LogP contribution in [0.1, 0.15) is 44.9 Å². The van der Waals surface area contributed by atoms with Gasteiger partial charge in [-0.25, -0.2) is 0 Å². The Morgan fingerprint density at radius 3 is 2.50 bits per heavy atom. The number of piperidine rings is 1. The molecule has 2 rings (SSSR count). The van der Waals surface area contributed by atoms with Crippen molar-refractivity contribution in [2.75, 3.05) is 19.6 Å². The van der Waals surface area contributed by atoms with Crippen LogP contribution in [0, 0.1) is 17.2 Å². The molecule has 0 unspecified atom stereocenters. The van der Waals surface area contributed by atoms with E-state index in [0.717, 1.165) is 45.3 Å². The highest BCUT2D eigenvalue weighted by atomic mass is 16.1. The van der Waals surface area contributed by atoms with Gasteiger partial charge in [0.15, 0.2) is 0 Å². The molecule has 0 radical (unpaired) electrons. The highest BCUT2D eigenvalue weighted by Gasteiger charge is 2.20. The van der Waals surface area contributed by atoms with Crippen molar-refractivity contribution >= 4 is 5.91 Å². The number of carbonyl (C=O) groups excluding carboxylic acids is 1. The van der Waals surface area contributed by atoms with Crippen molar-refractivity contribution in [2.45, 2.75) is 51.0 Å². The molecule has 0 spiro atoms. The SMILES string of the molecule is N#CC1CCN(CCC(=O)NC2CCCC2)CC1. The van der Waals surface area contributed by atoms with Gasteiger partial charge in [-0.1, -0.05) is 12.8 Å². The van der Waals surface area contributed by atoms with E-state index >= 15 is 0 Å². The molecule has 1 saturated heterocycles. The van der Waals surface area contributed by atoms with Crippen molar-refractivity contribution in [3.63, 3.8) is 0 Å². The summed E-state index contributed by atoms with van der Waals surface area (Å²) in [4.78, 5) is 14.1. The average molecular weight is 249 g/mol. The molecule has 4 heteroatoms. The molecule has 100 valence electrons. The van der Waals surface area contributed by atoms with E-state index in [9.17, 15) is 4.79 Å². The second kappa shape index (κ2) is 6.75. The Labute approximate surface area is 109 Å². The summed E-state index contributed by atoms with van der Waals surface area (Å²) >= 11 is 0. The number of nitriles is 1. The maximum absolute atomic E-state index is 11.8. The lowest BCUT2D eigenvalue weighted by Crippen LogP contribution is -2.38. The van der Waals surface area contributed by atoms with E-state index in [1.54, 1.807) is 0 Å². The fourth-order valence-electron chi connectivity index (χ4n) is 2.92. The van der Waals surface area contributed by atoms with Crippen molar-refractivity contribution in [3.8, 4) is 6.07 Å². The van der Waals surface area contributed by atoms with Gasteiger partial charge in [0.05, 0.1) is 6.07 Å². The van der Waals surface area contributed by atoms with E-state index in [-0.39, 0.29) is 11.8 Å². The number of hydrogen-bond acceptors (Lipinski definition) is 3. The fourth-order valence-corrected chi connectivity index (χ4v) is 2.92. The molecule has 0 aromatic carbocycles. The summed E-state index contributed by atoms with van der Waals surface area (Å²) in [5.74, 6) is 0.429. The zero-order valence-corrected chi connectivity index (χ0v) is 11.0. The van der Waals surface area contributed by atoms with Gasteiger partial charge in [-0.3, -0.25) is 4.79 Å². The molecule has 1 heterocycles. The van der Waals surface area contributed by atoms with Crippen LogP contribution in [0.15, 0.2) is 0 Å². The minimum atomic E-state index is 0.198. The largest absolute Gasteiger partial charge is 0.353 e. The molecule has 1 N–H and O–H groups in total. The molecule has 0 aromatic heterocycles. The van der Waals surface area contributed by atoms with E-state index in [2.05, 4.69) is 16.3 Å². The highest BCUT2D eigenvalue weighted by molar-refractivity contribution is 5.76. The first-order valence-electron chi connectivity index (χ1n) is 7.19. The minimum Gasteiger partial charge on any atom is -0.353 e. The third-order valence-electron chi connectivity index (χ3n) is 4.15. The van der Waals surface area contributed by atoms with Crippen LogP contribution in [0.2, 0.25) is 0 Å². The smallest absolute Gasteiger partial charge is 0.221 e. The maximum Gasteiger partial charge on any atom is 0.221 e. The lowest BCUT2D eigenvalue weighted by Gasteiger charge is -2.28. The van der Waals surface area contributed by atoms with Crippen LogP contribution in [-0.4, -0.2) is 36.5 Å². The molecule has 0 bridgehead atoms. The van der Waals surface area contributed by atoms with Gasteiger partial charge in [0.1, 0.15) is 0 Å². The standard InChI is InChI=1S/C14H23N3O/c15-11-12-5-8-17(9-6-12)10-7-14(18)16-13-3-1-2-4-13/h12-13H,1-10H2,(H,16,18). The Hall–Kier alpha value is -1.08. The molecular formula is C14H23N3O. The quantitative estimate of drug-likeness (QED) is 0.824. The van der Waals surface area contributed by atoms with Crippen molar-refractivity contribution in [2.24, 2.45) is 5.92 Å². The second-order valence-corrected chi connectivity index (χ2v) is 5.54. The van der Waals surface area contributed by atoms with Crippen LogP contribution in [0.3, 0.4) is 0 Å². The van der Waals surface area contributed by atoms with Crippen molar-refractivity contribution in [1.82, 2.24) is 10.2 Å². The monoisotopic (exact) mass is 249 g/mol. The lowest BCUT2D eigenvalue weighted by molar-refractivity contribution is -0.122. The van der Waals surface area contributed by atoms with E-state index in [1.165, 1.54) is 12.8 Å². The third kappa shape index (κ3) is 3.99. The Morgan fingerprint density at radius 1 is 1.22 bits per heavy atom. The molecule has 1 aliphatic heterocycles. The normalized spacial score (nSPS) is 22.8. The number of rotatable bonds is 4. The number of likely N-dealkylation sites (tertiary alicyclic amines) is 1. The lowest BCUT2D eigenvalue weighted by atomic mass is 9.98. The van der Waals surface area contributed by atoms with E-state index in [1.807, 2.05) is 0 Å². The van der Waals surface area contributed by atoms with Gasteiger partial charge in [0, 0.05) is 24.9 Å². The summed E-state index contributed by atoms with van der Waals surface area (Å²) in [7, 11) is 0. The van der Waals surface area contributed by atoms with Gasteiger partial charge in [-0.05, 0) is 38.8 Å². The summed E-state index contributed by atoms with van der Waals surface area (Å²) < 4.78 is 0. The zero-order valence-electron chi connectivity index (χ0n) is 11.0. The van der Waals surface area contributed by atoms with Gasteiger partial charge < -0.3 is 10.2 Å². The number of nitrogens with one attached hydrogen (secondary N) is 1. The number of nitrogens with zero attached hydrogens (tertiary/aromatic N) is 2. The van der Waals surface area contributed by atoms with E-state index in [4.69, 9.17) is 5.26 Å². The van der Waals surface area contributed by atoms with Gasteiger partial charge >= 0.3 is 0 Å². The average Bonchev–Trinajstić information content (AvgIpc) is 2.90. The second-order valence-electron chi connectivity index (χ2n) is 5.54. The van der Waals surface area contributed by atoms with Gasteiger partial charge in [-0.15, -0.1) is 0 Å². The summed E-state index contributed by atoms with van der Waals surface area (Å²) in [5.41, 5.74) is 0. The number of carbonyl (C=O) groups is 1. The first kappa shape index (κ1) is 13.4. The minimum absolute atomic E-state index is 0.198. The highest BCUT2D eigenvalue weighted by Crippen LogP contribution is 2.18. The van der Waals surface area contributed by atoms with Gasteiger partial charge in [0.2, 0.25) is 5.91 Å². The van der Waals surface area contributed by atoms with Gasteiger partial charge in [-0.2, -0.15) is 5.26 Å². The Morgan fingerprint density at radius 2 is 1.89 bits per heavy atom. The van der Waals surface area contributed by atoms with Crippen LogP contribution in [-0.2, 0) is 4.79 Å². The van der Waals surface area contributed by atoms with Crippen LogP contribution < -0.4 is 5.32 Å². The Bertz CT molecular complexity index is 309. The topological polar surface area (TPSA) is 56.1 Å². The Balaban J connectivity index is 1.60. The van der Waals surface area contributed by atoms with Crippen molar-refractivity contribution in [1.29, 1.82) is 5.26 Å². The van der Waals surface area contributed by atoms with E-state index < -0.39 is 0 Å². The third-order valence-corrected chi connectivity index (χ3v) is 4.15. The summed E-state index contributed by atoms with van der Waals surface area (Å²) in [6, 6.07) is 2.76. The predicted octanol–water partition coefficient (Wildman–Crippen LogP) is 1.67. The zero-order chi connectivity index (χ0) is 12.8. The summed E-state index contributed by atoms with van der Waals surface area (Å²) in [5, 5.41) is 11.9. The van der Waals surface area contributed by atoms with Crippen LogP contribution in [0.25, 0.3) is 0 Å². The first-order chi connectivity index (χ1) is 8.78. The first-order valence-corrected chi connectivity index (χ1v) is 7.19. The molecule has 4 nitrogen and oxygen atoms in total.